The number of alkyl halides is 1. The van der Waals surface area contributed by atoms with Crippen LogP contribution in [0.15, 0.2) is 14.1 Å². The van der Waals surface area contributed by atoms with Crippen molar-refractivity contribution in [3.8, 4) is 0 Å². The zero-order valence-corrected chi connectivity index (χ0v) is 14.4. The molecule has 1 aliphatic heterocycles. The molecule has 0 radical (unpaired) electrons. The zero-order valence-electron chi connectivity index (χ0n) is 10.4. The van der Waals surface area contributed by atoms with Gasteiger partial charge in [0.1, 0.15) is 4.21 Å². The summed E-state index contributed by atoms with van der Waals surface area (Å²) in [6.45, 7) is 2.93. The van der Waals surface area contributed by atoms with Crippen LogP contribution in [0.1, 0.15) is 18.4 Å². The summed E-state index contributed by atoms with van der Waals surface area (Å²) >= 11 is 10.5. The number of rotatable bonds is 4. The summed E-state index contributed by atoms with van der Waals surface area (Å²) < 4.78 is 34.0. The van der Waals surface area contributed by atoms with Gasteiger partial charge in [0.2, 0.25) is 0 Å². The maximum atomic E-state index is 12.4. The van der Waals surface area contributed by atoms with E-state index < -0.39 is 15.6 Å². The van der Waals surface area contributed by atoms with Crippen LogP contribution < -0.4 is 4.72 Å². The molecule has 19 heavy (non-hydrogen) atoms. The number of ether oxygens (including phenoxy) is 1. The van der Waals surface area contributed by atoms with E-state index in [2.05, 4.69) is 20.7 Å². The Morgan fingerprint density at radius 1 is 1.53 bits per heavy atom. The quantitative estimate of drug-likeness (QED) is 0.807. The van der Waals surface area contributed by atoms with Crippen LogP contribution in [0.5, 0.6) is 0 Å². The summed E-state index contributed by atoms with van der Waals surface area (Å²) in [5.41, 5.74) is 0.320. The molecule has 0 bridgehead atoms. The van der Waals surface area contributed by atoms with Gasteiger partial charge in [0.25, 0.3) is 10.0 Å². The van der Waals surface area contributed by atoms with Crippen LogP contribution in [0.2, 0.25) is 0 Å². The number of halogens is 2. The van der Waals surface area contributed by atoms with E-state index in [1.54, 1.807) is 6.07 Å². The molecule has 1 N–H and O–H groups in total. The molecule has 0 atom stereocenters. The first-order valence-electron chi connectivity index (χ1n) is 5.82. The van der Waals surface area contributed by atoms with Crippen molar-refractivity contribution in [2.75, 3.05) is 19.1 Å². The largest absolute Gasteiger partial charge is 0.381 e. The Morgan fingerprint density at radius 2 is 2.16 bits per heavy atom. The molecule has 1 aliphatic rings. The molecule has 1 saturated heterocycles. The molecule has 0 amide bonds. The molecule has 0 unspecified atom stereocenters. The Labute approximate surface area is 130 Å². The van der Waals surface area contributed by atoms with Gasteiger partial charge in [0.05, 0.1) is 9.33 Å². The standard InChI is InChI=1S/C11H15BrClNO3S2/c1-8-6-9(18-10(8)12)19(15,16)14-11(7-13)2-4-17-5-3-11/h6,14H,2-5,7H2,1H3. The van der Waals surface area contributed by atoms with Gasteiger partial charge < -0.3 is 4.74 Å². The van der Waals surface area contributed by atoms with Gasteiger partial charge in [-0.25, -0.2) is 13.1 Å². The highest BCUT2D eigenvalue weighted by Crippen LogP contribution is 2.32. The molecular formula is C11H15BrClNO3S2. The van der Waals surface area contributed by atoms with E-state index >= 15 is 0 Å². The molecule has 0 aromatic carbocycles. The summed E-state index contributed by atoms with van der Waals surface area (Å²) in [5.74, 6) is 0.251. The van der Waals surface area contributed by atoms with Crippen LogP contribution in [0, 0.1) is 6.92 Å². The van der Waals surface area contributed by atoms with Crippen molar-refractivity contribution in [1.82, 2.24) is 4.72 Å². The van der Waals surface area contributed by atoms with E-state index in [0.29, 0.717) is 30.3 Å². The van der Waals surface area contributed by atoms with E-state index in [0.717, 1.165) is 9.35 Å². The van der Waals surface area contributed by atoms with Crippen LogP contribution in [-0.4, -0.2) is 33.1 Å². The second-order valence-electron chi connectivity index (χ2n) is 4.65. The van der Waals surface area contributed by atoms with Crippen molar-refractivity contribution in [3.63, 3.8) is 0 Å². The molecule has 1 fully saturated rings. The molecule has 0 saturated carbocycles. The van der Waals surface area contributed by atoms with Crippen molar-refractivity contribution in [1.29, 1.82) is 0 Å². The Balaban J connectivity index is 2.24. The molecule has 0 aliphatic carbocycles. The third kappa shape index (κ3) is 3.51. The van der Waals surface area contributed by atoms with Crippen LogP contribution >= 0.6 is 38.9 Å². The molecule has 108 valence electrons. The first kappa shape index (κ1) is 15.7. The topological polar surface area (TPSA) is 55.4 Å². The zero-order chi connectivity index (χ0) is 14.1. The summed E-state index contributed by atoms with van der Waals surface area (Å²) in [5, 5.41) is 0. The maximum Gasteiger partial charge on any atom is 0.250 e. The number of hydrogen-bond donors (Lipinski definition) is 1. The van der Waals surface area contributed by atoms with Crippen molar-refractivity contribution >= 4 is 48.9 Å². The van der Waals surface area contributed by atoms with Gasteiger partial charge in [-0.1, -0.05) is 0 Å². The van der Waals surface area contributed by atoms with Gasteiger partial charge in [-0.3, -0.25) is 0 Å². The van der Waals surface area contributed by atoms with Gasteiger partial charge in [0, 0.05) is 19.1 Å². The molecule has 1 aromatic heterocycles. The normalized spacial score (nSPS) is 19.5. The van der Waals surface area contributed by atoms with E-state index in [4.69, 9.17) is 16.3 Å². The SMILES string of the molecule is Cc1cc(S(=O)(=O)NC2(CCl)CCOCC2)sc1Br. The Bertz CT molecular complexity index is 533. The van der Waals surface area contributed by atoms with Gasteiger partial charge in [0.15, 0.2) is 0 Å². The fraction of sp³-hybridized carbons (Fsp3) is 0.636. The minimum absolute atomic E-state index is 0.251. The van der Waals surface area contributed by atoms with Crippen molar-refractivity contribution < 1.29 is 13.2 Å². The van der Waals surface area contributed by atoms with E-state index in [1.807, 2.05) is 6.92 Å². The van der Waals surface area contributed by atoms with Crippen molar-refractivity contribution in [2.24, 2.45) is 0 Å². The first-order valence-corrected chi connectivity index (χ1v) is 9.45. The minimum Gasteiger partial charge on any atom is -0.381 e. The highest BCUT2D eigenvalue weighted by Gasteiger charge is 2.37. The Kier molecular flexibility index (Phi) is 4.96. The van der Waals surface area contributed by atoms with E-state index in [-0.39, 0.29) is 5.88 Å². The molecule has 2 heterocycles. The molecule has 0 spiro atoms. The predicted octanol–water partition coefficient (Wildman–Crippen LogP) is 2.89. The number of hydrogen-bond acceptors (Lipinski definition) is 4. The first-order chi connectivity index (χ1) is 8.88. The van der Waals surface area contributed by atoms with Crippen molar-refractivity contribution in [3.05, 3.63) is 15.4 Å². The van der Waals surface area contributed by atoms with Gasteiger partial charge in [-0.15, -0.1) is 22.9 Å². The van der Waals surface area contributed by atoms with Crippen LogP contribution in [0.4, 0.5) is 0 Å². The van der Waals surface area contributed by atoms with Gasteiger partial charge in [-0.2, -0.15) is 0 Å². The number of thiophene rings is 1. The summed E-state index contributed by atoms with van der Waals surface area (Å²) in [7, 11) is -3.53. The lowest BCUT2D eigenvalue weighted by Crippen LogP contribution is -2.53. The third-order valence-electron chi connectivity index (χ3n) is 3.16. The predicted molar refractivity (Wildman–Crippen MR) is 80.6 cm³/mol. The highest BCUT2D eigenvalue weighted by atomic mass is 79.9. The fourth-order valence-corrected chi connectivity index (χ4v) is 6.02. The average Bonchev–Trinajstić information content (AvgIpc) is 2.71. The Hall–Kier alpha value is 0.340. The third-order valence-corrected chi connectivity index (χ3v) is 7.86. The smallest absolute Gasteiger partial charge is 0.250 e. The second-order valence-corrected chi connectivity index (χ2v) is 9.20. The van der Waals surface area contributed by atoms with Gasteiger partial charge in [-0.05, 0) is 47.3 Å². The molecule has 4 nitrogen and oxygen atoms in total. The lowest BCUT2D eigenvalue weighted by molar-refractivity contribution is 0.0549. The average molecular weight is 389 g/mol. The lowest BCUT2D eigenvalue weighted by atomic mass is 9.94. The highest BCUT2D eigenvalue weighted by molar-refractivity contribution is 9.11. The number of nitrogens with one attached hydrogen (secondary N) is 1. The van der Waals surface area contributed by atoms with E-state index in [1.165, 1.54) is 11.3 Å². The fourth-order valence-electron chi connectivity index (χ4n) is 1.92. The van der Waals surface area contributed by atoms with Crippen molar-refractivity contribution in [2.45, 2.75) is 29.5 Å². The minimum atomic E-state index is -3.53. The second kappa shape index (κ2) is 5.99. The summed E-state index contributed by atoms with van der Waals surface area (Å²) in [6, 6.07) is 1.67. The number of aryl methyl sites for hydroxylation is 1. The summed E-state index contributed by atoms with van der Waals surface area (Å²) in [6.07, 6.45) is 1.20. The Morgan fingerprint density at radius 3 is 2.63 bits per heavy atom. The summed E-state index contributed by atoms with van der Waals surface area (Å²) in [4.78, 5) is 0. The molecule has 1 aromatic rings. The molecule has 8 heteroatoms. The van der Waals surface area contributed by atoms with Crippen LogP contribution in [0.25, 0.3) is 0 Å². The number of sulfonamides is 1. The van der Waals surface area contributed by atoms with Gasteiger partial charge >= 0.3 is 0 Å². The monoisotopic (exact) mass is 387 g/mol. The lowest BCUT2D eigenvalue weighted by Gasteiger charge is -2.35. The van der Waals surface area contributed by atoms with Crippen LogP contribution in [-0.2, 0) is 14.8 Å². The van der Waals surface area contributed by atoms with Crippen LogP contribution in [0.3, 0.4) is 0 Å². The molecule has 2 rings (SSSR count). The maximum absolute atomic E-state index is 12.4. The molecular weight excluding hydrogens is 374 g/mol. The van der Waals surface area contributed by atoms with E-state index in [9.17, 15) is 8.42 Å².